The van der Waals surface area contributed by atoms with Gasteiger partial charge in [0.2, 0.25) is 0 Å². The molecule has 7 heteroatoms. The fraction of sp³-hybridized carbons (Fsp3) is 0.308. The number of nitrogens with zero attached hydrogens (tertiary/aromatic N) is 3. The summed E-state index contributed by atoms with van der Waals surface area (Å²) in [5.74, 6) is -0.248. The molecule has 0 atom stereocenters. The Kier molecular flexibility index (Phi) is 4.62. The van der Waals surface area contributed by atoms with Crippen LogP contribution in [-0.2, 0) is 20.0 Å². The largest absolute Gasteiger partial charge is 0.348 e. The minimum absolute atomic E-state index is 0.184. The Labute approximate surface area is 126 Å². The molecule has 0 fully saturated rings. The van der Waals surface area contributed by atoms with Crippen LogP contribution in [0.1, 0.15) is 28.5 Å². The summed E-state index contributed by atoms with van der Waals surface area (Å²) in [5.41, 5.74) is 2.35. The molecule has 0 aliphatic carbocycles. The SMILES string of the molecule is CCc1nn(C)cc1CNC(=O)c1cnc(Cl)c(Cl)c1. The molecule has 5 nitrogen and oxygen atoms in total. The predicted octanol–water partition coefficient (Wildman–Crippen LogP) is 2.61. The highest BCUT2D eigenvalue weighted by Gasteiger charge is 2.11. The minimum Gasteiger partial charge on any atom is -0.348 e. The van der Waals surface area contributed by atoms with E-state index < -0.39 is 0 Å². The van der Waals surface area contributed by atoms with E-state index in [-0.39, 0.29) is 16.1 Å². The van der Waals surface area contributed by atoms with Crippen molar-refractivity contribution in [1.82, 2.24) is 20.1 Å². The van der Waals surface area contributed by atoms with Crippen LogP contribution in [0, 0.1) is 0 Å². The van der Waals surface area contributed by atoms with Crippen molar-refractivity contribution in [1.29, 1.82) is 0 Å². The van der Waals surface area contributed by atoms with Crippen LogP contribution in [-0.4, -0.2) is 20.7 Å². The molecule has 0 radical (unpaired) electrons. The van der Waals surface area contributed by atoms with Gasteiger partial charge in [0.15, 0.2) is 0 Å². The van der Waals surface area contributed by atoms with Gasteiger partial charge < -0.3 is 5.32 Å². The number of amides is 1. The second-order valence-corrected chi connectivity index (χ2v) is 5.07. The predicted molar refractivity (Wildman–Crippen MR) is 78.0 cm³/mol. The molecule has 0 saturated carbocycles. The molecule has 1 N–H and O–H groups in total. The summed E-state index contributed by atoms with van der Waals surface area (Å²) >= 11 is 11.6. The molecule has 0 spiro atoms. The van der Waals surface area contributed by atoms with E-state index in [0.29, 0.717) is 12.1 Å². The van der Waals surface area contributed by atoms with Gasteiger partial charge in [-0.2, -0.15) is 5.10 Å². The van der Waals surface area contributed by atoms with E-state index in [1.807, 2.05) is 20.2 Å². The number of hydrogen-bond acceptors (Lipinski definition) is 3. The zero-order chi connectivity index (χ0) is 14.7. The Hall–Kier alpha value is -1.59. The van der Waals surface area contributed by atoms with Crippen molar-refractivity contribution in [3.63, 3.8) is 0 Å². The van der Waals surface area contributed by atoms with Gasteiger partial charge in [-0.25, -0.2) is 4.98 Å². The second kappa shape index (κ2) is 6.24. The Morgan fingerprint density at radius 2 is 2.20 bits per heavy atom. The molecule has 0 saturated heterocycles. The standard InChI is InChI=1S/C13H14Cl2N4O/c1-3-11-9(7-19(2)18-11)6-17-13(20)8-4-10(14)12(15)16-5-8/h4-5,7H,3,6H2,1-2H3,(H,17,20). The number of aryl methyl sites for hydroxylation is 2. The van der Waals surface area contributed by atoms with E-state index in [1.165, 1.54) is 12.3 Å². The van der Waals surface area contributed by atoms with Crippen molar-refractivity contribution < 1.29 is 4.79 Å². The Morgan fingerprint density at radius 1 is 1.45 bits per heavy atom. The second-order valence-electron chi connectivity index (χ2n) is 4.31. The highest BCUT2D eigenvalue weighted by molar-refractivity contribution is 6.41. The number of nitrogens with one attached hydrogen (secondary N) is 1. The number of aromatic nitrogens is 3. The van der Waals surface area contributed by atoms with Crippen LogP contribution >= 0.6 is 23.2 Å². The lowest BCUT2D eigenvalue weighted by atomic mass is 10.2. The topological polar surface area (TPSA) is 59.8 Å². The number of hydrogen-bond donors (Lipinski definition) is 1. The number of rotatable bonds is 4. The quantitative estimate of drug-likeness (QED) is 0.883. The van der Waals surface area contributed by atoms with Gasteiger partial charge in [0.25, 0.3) is 5.91 Å². The van der Waals surface area contributed by atoms with E-state index in [0.717, 1.165) is 17.7 Å². The molecule has 2 rings (SSSR count). The van der Waals surface area contributed by atoms with Crippen molar-refractivity contribution >= 4 is 29.1 Å². The lowest BCUT2D eigenvalue weighted by Crippen LogP contribution is -2.23. The maximum Gasteiger partial charge on any atom is 0.253 e. The first-order chi connectivity index (χ1) is 9.51. The fourth-order valence-electron chi connectivity index (χ4n) is 1.85. The number of carbonyl (C=O) groups excluding carboxylic acids is 1. The van der Waals surface area contributed by atoms with Crippen molar-refractivity contribution in [2.45, 2.75) is 19.9 Å². The van der Waals surface area contributed by atoms with Gasteiger partial charge in [-0.05, 0) is 12.5 Å². The van der Waals surface area contributed by atoms with Gasteiger partial charge in [0, 0.05) is 31.5 Å². The lowest BCUT2D eigenvalue weighted by Gasteiger charge is -2.05. The Bertz CT molecular complexity index is 639. The average molecular weight is 313 g/mol. The van der Waals surface area contributed by atoms with Crippen molar-refractivity contribution in [2.75, 3.05) is 0 Å². The summed E-state index contributed by atoms with van der Waals surface area (Å²) in [6, 6.07) is 1.50. The maximum atomic E-state index is 12.0. The molecular formula is C13H14Cl2N4O. The van der Waals surface area contributed by atoms with Crippen LogP contribution in [0.15, 0.2) is 18.5 Å². The molecule has 0 unspecified atom stereocenters. The van der Waals surface area contributed by atoms with Gasteiger partial charge in [0.05, 0.1) is 16.3 Å². The molecule has 0 bridgehead atoms. The first-order valence-corrected chi connectivity index (χ1v) is 6.87. The Morgan fingerprint density at radius 3 is 2.85 bits per heavy atom. The van der Waals surface area contributed by atoms with E-state index in [1.54, 1.807) is 4.68 Å². The molecule has 0 aliphatic rings. The van der Waals surface area contributed by atoms with Crippen LogP contribution in [0.2, 0.25) is 10.2 Å². The molecule has 2 heterocycles. The van der Waals surface area contributed by atoms with Crippen molar-refractivity contribution in [3.05, 3.63) is 45.5 Å². The van der Waals surface area contributed by atoms with E-state index >= 15 is 0 Å². The van der Waals surface area contributed by atoms with Crippen LogP contribution < -0.4 is 5.32 Å². The third-order valence-electron chi connectivity index (χ3n) is 2.82. The smallest absolute Gasteiger partial charge is 0.253 e. The fourth-order valence-corrected chi connectivity index (χ4v) is 2.12. The summed E-state index contributed by atoms with van der Waals surface area (Å²) in [6.45, 7) is 2.44. The molecule has 0 aromatic carbocycles. The molecule has 2 aromatic rings. The maximum absolute atomic E-state index is 12.0. The van der Waals surface area contributed by atoms with Gasteiger partial charge in [0.1, 0.15) is 5.15 Å². The van der Waals surface area contributed by atoms with Crippen LogP contribution in [0.5, 0.6) is 0 Å². The van der Waals surface area contributed by atoms with Crippen LogP contribution in [0.4, 0.5) is 0 Å². The number of halogens is 2. The van der Waals surface area contributed by atoms with Crippen molar-refractivity contribution in [3.8, 4) is 0 Å². The zero-order valence-corrected chi connectivity index (χ0v) is 12.7. The summed E-state index contributed by atoms with van der Waals surface area (Å²) in [7, 11) is 1.85. The van der Waals surface area contributed by atoms with Crippen LogP contribution in [0.3, 0.4) is 0 Å². The van der Waals surface area contributed by atoms with Crippen LogP contribution in [0.25, 0.3) is 0 Å². The van der Waals surface area contributed by atoms with Crippen molar-refractivity contribution in [2.24, 2.45) is 7.05 Å². The number of carbonyl (C=O) groups is 1. The van der Waals surface area contributed by atoms with E-state index in [2.05, 4.69) is 15.4 Å². The molecular weight excluding hydrogens is 299 g/mol. The van der Waals surface area contributed by atoms with E-state index in [4.69, 9.17) is 23.2 Å². The highest BCUT2D eigenvalue weighted by atomic mass is 35.5. The highest BCUT2D eigenvalue weighted by Crippen LogP contribution is 2.19. The number of pyridine rings is 1. The van der Waals surface area contributed by atoms with Gasteiger partial charge in [-0.15, -0.1) is 0 Å². The normalized spacial score (nSPS) is 10.6. The average Bonchev–Trinajstić information content (AvgIpc) is 2.79. The lowest BCUT2D eigenvalue weighted by molar-refractivity contribution is 0.0950. The minimum atomic E-state index is -0.248. The van der Waals surface area contributed by atoms with Gasteiger partial charge >= 0.3 is 0 Å². The molecule has 0 aliphatic heterocycles. The monoisotopic (exact) mass is 312 g/mol. The zero-order valence-electron chi connectivity index (χ0n) is 11.2. The third-order valence-corrected chi connectivity index (χ3v) is 3.51. The summed E-state index contributed by atoms with van der Waals surface area (Å²) in [6.07, 6.45) is 4.11. The molecule has 106 valence electrons. The summed E-state index contributed by atoms with van der Waals surface area (Å²) in [4.78, 5) is 15.9. The van der Waals surface area contributed by atoms with Gasteiger partial charge in [-0.1, -0.05) is 30.1 Å². The Balaban J connectivity index is 2.06. The van der Waals surface area contributed by atoms with E-state index in [9.17, 15) is 4.79 Å². The first kappa shape index (κ1) is 14.8. The summed E-state index contributed by atoms with van der Waals surface area (Å²) < 4.78 is 1.74. The molecule has 2 aromatic heterocycles. The third kappa shape index (κ3) is 3.29. The first-order valence-electron chi connectivity index (χ1n) is 6.12. The molecule has 1 amide bonds. The molecule has 20 heavy (non-hydrogen) atoms. The van der Waals surface area contributed by atoms with Gasteiger partial charge in [-0.3, -0.25) is 9.48 Å². The summed E-state index contributed by atoms with van der Waals surface area (Å²) in [5, 5.41) is 7.58.